The van der Waals surface area contributed by atoms with E-state index in [-0.39, 0.29) is 29.1 Å². The molecule has 0 spiro atoms. The average Bonchev–Trinajstić information content (AvgIpc) is 2.48. The van der Waals surface area contributed by atoms with E-state index in [1.807, 2.05) is 13.0 Å². The van der Waals surface area contributed by atoms with Crippen LogP contribution < -0.4 is 0 Å². The standard InChI is InChI=1S/C16H15NO3/c1-2-3-8-13(18)14-12(9-17)10-6-4-5-7-11(10)15(19)16(14)20/h4-7,19-20H,2-3,8H2,1H3. The minimum absolute atomic E-state index is 0.0721. The van der Waals surface area contributed by atoms with E-state index in [1.54, 1.807) is 24.3 Å². The lowest BCUT2D eigenvalue weighted by Crippen LogP contribution is -2.04. The van der Waals surface area contributed by atoms with Crippen molar-refractivity contribution in [1.29, 1.82) is 5.26 Å². The molecule has 2 aromatic rings. The molecule has 0 heterocycles. The third-order valence-corrected chi connectivity index (χ3v) is 3.31. The highest BCUT2D eigenvalue weighted by molar-refractivity contribution is 6.09. The summed E-state index contributed by atoms with van der Waals surface area (Å²) in [4.78, 5) is 12.2. The molecule has 4 heteroatoms. The fourth-order valence-electron chi connectivity index (χ4n) is 2.26. The van der Waals surface area contributed by atoms with Gasteiger partial charge in [-0.05, 0) is 6.42 Å². The lowest BCUT2D eigenvalue weighted by molar-refractivity contribution is 0.0976. The predicted octanol–water partition coefficient (Wildman–Crippen LogP) is 3.50. The summed E-state index contributed by atoms with van der Waals surface area (Å²) in [5.74, 6) is -1.16. The highest BCUT2D eigenvalue weighted by atomic mass is 16.3. The van der Waals surface area contributed by atoms with Crippen LogP contribution in [-0.2, 0) is 0 Å². The number of phenols is 2. The van der Waals surface area contributed by atoms with E-state index < -0.39 is 5.75 Å². The Bertz CT molecular complexity index is 714. The van der Waals surface area contributed by atoms with Crippen molar-refractivity contribution in [2.45, 2.75) is 26.2 Å². The zero-order valence-corrected chi connectivity index (χ0v) is 11.2. The molecule has 0 amide bonds. The molecule has 0 atom stereocenters. The number of carbonyl (C=O) groups is 1. The topological polar surface area (TPSA) is 81.3 Å². The summed E-state index contributed by atoms with van der Waals surface area (Å²) in [6.07, 6.45) is 1.77. The summed E-state index contributed by atoms with van der Waals surface area (Å²) in [5, 5.41) is 30.2. The first kappa shape index (κ1) is 13.9. The zero-order valence-electron chi connectivity index (χ0n) is 11.2. The van der Waals surface area contributed by atoms with Gasteiger partial charge in [-0.3, -0.25) is 4.79 Å². The fourth-order valence-corrected chi connectivity index (χ4v) is 2.26. The molecular formula is C16H15NO3. The molecule has 0 fully saturated rings. The summed E-state index contributed by atoms with van der Waals surface area (Å²) < 4.78 is 0. The summed E-state index contributed by atoms with van der Waals surface area (Å²) in [6, 6.07) is 8.65. The minimum Gasteiger partial charge on any atom is -0.504 e. The van der Waals surface area contributed by atoms with Gasteiger partial charge < -0.3 is 10.2 Å². The van der Waals surface area contributed by atoms with Gasteiger partial charge in [0, 0.05) is 17.2 Å². The van der Waals surface area contributed by atoms with Gasteiger partial charge in [0.2, 0.25) is 0 Å². The van der Waals surface area contributed by atoms with Crippen LogP contribution >= 0.6 is 0 Å². The number of hydrogen-bond donors (Lipinski definition) is 2. The molecule has 4 nitrogen and oxygen atoms in total. The number of carbonyl (C=O) groups excluding carboxylic acids is 1. The quantitative estimate of drug-likeness (QED) is 0.657. The number of unbranched alkanes of at least 4 members (excludes halogenated alkanes) is 1. The van der Waals surface area contributed by atoms with E-state index in [4.69, 9.17) is 0 Å². The maximum Gasteiger partial charge on any atom is 0.170 e. The van der Waals surface area contributed by atoms with Gasteiger partial charge in [0.1, 0.15) is 6.07 Å². The van der Waals surface area contributed by atoms with Gasteiger partial charge in [-0.1, -0.05) is 37.6 Å². The second kappa shape index (κ2) is 5.62. The number of ketones is 1. The molecule has 0 bridgehead atoms. The number of nitriles is 1. The van der Waals surface area contributed by atoms with Gasteiger partial charge in [-0.15, -0.1) is 0 Å². The molecular weight excluding hydrogens is 254 g/mol. The Balaban J connectivity index is 2.74. The molecule has 0 aromatic heterocycles. The number of hydrogen-bond acceptors (Lipinski definition) is 4. The molecule has 0 saturated heterocycles. The van der Waals surface area contributed by atoms with Crippen molar-refractivity contribution in [3.05, 3.63) is 35.4 Å². The summed E-state index contributed by atoms with van der Waals surface area (Å²) >= 11 is 0. The monoisotopic (exact) mass is 269 g/mol. The Labute approximate surface area is 116 Å². The number of benzene rings is 2. The molecule has 102 valence electrons. The van der Waals surface area contributed by atoms with Crippen LogP contribution in [0.4, 0.5) is 0 Å². The smallest absolute Gasteiger partial charge is 0.170 e. The molecule has 2 aromatic carbocycles. The Morgan fingerprint density at radius 1 is 1.20 bits per heavy atom. The van der Waals surface area contributed by atoms with Crippen molar-refractivity contribution in [1.82, 2.24) is 0 Å². The number of nitrogens with zero attached hydrogens (tertiary/aromatic N) is 1. The number of fused-ring (bicyclic) bond motifs is 1. The van der Waals surface area contributed by atoms with Crippen LogP contribution in [0.3, 0.4) is 0 Å². The molecule has 2 N–H and O–H groups in total. The number of phenolic OH excluding ortho intramolecular Hbond substituents is 2. The largest absolute Gasteiger partial charge is 0.504 e. The van der Waals surface area contributed by atoms with E-state index in [0.717, 1.165) is 6.42 Å². The van der Waals surface area contributed by atoms with Crippen LogP contribution in [0.2, 0.25) is 0 Å². The highest BCUT2D eigenvalue weighted by Gasteiger charge is 2.23. The lowest BCUT2D eigenvalue weighted by atomic mass is 9.93. The Hall–Kier alpha value is -2.54. The van der Waals surface area contributed by atoms with Gasteiger partial charge in [0.15, 0.2) is 17.3 Å². The average molecular weight is 269 g/mol. The first-order valence-electron chi connectivity index (χ1n) is 6.51. The third-order valence-electron chi connectivity index (χ3n) is 3.31. The first-order valence-corrected chi connectivity index (χ1v) is 6.51. The molecule has 0 aliphatic rings. The van der Waals surface area contributed by atoms with Gasteiger partial charge in [0.05, 0.1) is 11.1 Å². The summed E-state index contributed by atoms with van der Waals surface area (Å²) in [5.41, 5.74) is 0.0501. The molecule has 0 unspecified atom stereocenters. The van der Waals surface area contributed by atoms with E-state index >= 15 is 0 Å². The maximum atomic E-state index is 12.2. The Morgan fingerprint density at radius 2 is 1.85 bits per heavy atom. The first-order chi connectivity index (χ1) is 9.61. The van der Waals surface area contributed by atoms with Crippen LogP contribution in [-0.4, -0.2) is 16.0 Å². The van der Waals surface area contributed by atoms with Crippen molar-refractivity contribution >= 4 is 16.6 Å². The number of aromatic hydroxyl groups is 2. The van der Waals surface area contributed by atoms with Gasteiger partial charge in [0.25, 0.3) is 0 Å². The third kappa shape index (κ3) is 2.19. The van der Waals surface area contributed by atoms with Gasteiger partial charge >= 0.3 is 0 Å². The SMILES string of the molecule is CCCCC(=O)c1c(O)c(O)c2ccccc2c1C#N. The van der Waals surface area contributed by atoms with E-state index in [0.29, 0.717) is 17.2 Å². The molecule has 0 aliphatic carbocycles. The van der Waals surface area contributed by atoms with Crippen LogP contribution in [0.5, 0.6) is 11.5 Å². The predicted molar refractivity (Wildman–Crippen MR) is 75.8 cm³/mol. The lowest BCUT2D eigenvalue weighted by Gasteiger charge is -2.11. The van der Waals surface area contributed by atoms with Crippen molar-refractivity contribution in [3.63, 3.8) is 0 Å². The Morgan fingerprint density at radius 3 is 2.45 bits per heavy atom. The molecule has 0 saturated carbocycles. The van der Waals surface area contributed by atoms with Crippen LogP contribution in [0.15, 0.2) is 24.3 Å². The van der Waals surface area contributed by atoms with Crippen LogP contribution in [0, 0.1) is 11.3 Å². The van der Waals surface area contributed by atoms with Crippen molar-refractivity contribution < 1.29 is 15.0 Å². The van der Waals surface area contributed by atoms with E-state index in [2.05, 4.69) is 0 Å². The van der Waals surface area contributed by atoms with Gasteiger partial charge in [-0.2, -0.15) is 5.26 Å². The fraction of sp³-hybridized carbons (Fsp3) is 0.250. The maximum absolute atomic E-state index is 12.2. The van der Waals surface area contributed by atoms with Crippen molar-refractivity contribution in [3.8, 4) is 17.6 Å². The normalized spacial score (nSPS) is 10.4. The number of rotatable bonds is 4. The Kier molecular flexibility index (Phi) is 3.90. The van der Waals surface area contributed by atoms with E-state index in [9.17, 15) is 20.3 Å². The van der Waals surface area contributed by atoms with Gasteiger partial charge in [-0.25, -0.2) is 0 Å². The van der Waals surface area contributed by atoms with Crippen molar-refractivity contribution in [2.75, 3.05) is 0 Å². The number of Topliss-reactive ketones (excluding diaryl/α,β-unsaturated/α-hetero) is 1. The molecule has 2 rings (SSSR count). The minimum atomic E-state index is -0.499. The molecule has 0 radical (unpaired) electrons. The second-order valence-electron chi connectivity index (χ2n) is 4.63. The highest BCUT2D eigenvalue weighted by Crippen LogP contribution is 2.40. The van der Waals surface area contributed by atoms with Crippen LogP contribution in [0.25, 0.3) is 10.8 Å². The zero-order chi connectivity index (χ0) is 14.7. The molecule has 0 aliphatic heterocycles. The van der Waals surface area contributed by atoms with Crippen molar-refractivity contribution in [2.24, 2.45) is 0 Å². The second-order valence-corrected chi connectivity index (χ2v) is 4.63. The summed E-state index contributed by atoms with van der Waals surface area (Å²) in [7, 11) is 0. The summed E-state index contributed by atoms with van der Waals surface area (Å²) in [6.45, 7) is 1.95. The van der Waals surface area contributed by atoms with Crippen LogP contribution in [0.1, 0.15) is 42.1 Å². The molecule has 20 heavy (non-hydrogen) atoms. The van der Waals surface area contributed by atoms with E-state index in [1.165, 1.54) is 0 Å².